The number of hydrogen-bond donors (Lipinski definition) is 0. The Balaban J connectivity index is 1.80. The van der Waals surface area contributed by atoms with E-state index in [1.54, 1.807) is 13.2 Å². The summed E-state index contributed by atoms with van der Waals surface area (Å²) in [5, 5.41) is 2.05. The first kappa shape index (κ1) is 16.5. The second-order valence-corrected chi connectivity index (χ2v) is 6.66. The molecule has 0 bridgehead atoms. The molecule has 0 spiro atoms. The summed E-state index contributed by atoms with van der Waals surface area (Å²) >= 11 is 3.43. The number of nitrogens with zero attached hydrogens (tertiary/aromatic N) is 1. The quantitative estimate of drug-likeness (QED) is 0.455. The zero-order chi connectivity index (χ0) is 18.1. The molecule has 3 aromatic carbocycles. The zero-order valence-corrected chi connectivity index (χ0v) is 15.5. The summed E-state index contributed by atoms with van der Waals surface area (Å²) in [4.78, 5) is 16.8. The Morgan fingerprint density at radius 3 is 2.73 bits per heavy atom. The Hall–Kier alpha value is -2.92. The van der Waals surface area contributed by atoms with E-state index in [9.17, 15) is 4.79 Å². The molecule has 1 heterocycles. The lowest BCUT2D eigenvalue weighted by Gasteiger charge is -2.04. The van der Waals surface area contributed by atoms with Gasteiger partial charge in [-0.3, -0.25) is 0 Å². The number of aliphatic imine (C=N–C) groups is 1. The van der Waals surface area contributed by atoms with Crippen LogP contribution in [0.5, 0.6) is 5.75 Å². The van der Waals surface area contributed by atoms with Gasteiger partial charge in [-0.25, -0.2) is 9.79 Å². The normalized spacial score (nSPS) is 15.2. The Morgan fingerprint density at radius 2 is 1.88 bits per heavy atom. The van der Waals surface area contributed by atoms with Gasteiger partial charge in [0, 0.05) is 15.6 Å². The molecule has 0 amide bonds. The molecule has 4 nitrogen and oxygen atoms in total. The maximum absolute atomic E-state index is 12.3. The molecule has 1 aliphatic heterocycles. The summed E-state index contributed by atoms with van der Waals surface area (Å²) in [5.41, 5.74) is 1.78. The average Bonchev–Trinajstić information content (AvgIpc) is 3.02. The van der Waals surface area contributed by atoms with E-state index >= 15 is 0 Å². The van der Waals surface area contributed by atoms with Gasteiger partial charge in [-0.1, -0.05) is 52.3 Å². The molecule has 1 aliphatic rings. The lowest BCUT2D eigenvalue weighted by Crippen LogP contribution is -2.05. The molecule has 128 valence electrons. The Bertz CT molecular complexity index is 1080. The van der Waals surface area contributed by atoms with Crippen molar-refractivity contribution in [2.45, 2.75) is 0 Å². The molecule has 0 fully saturated rings. The Kier molecular flexibility index (Phi) is 4.31. The maximum Gasteiger partial charge on any atom is 0.363 e. The molecule has 0 radical (unpaired) electrons. The van der Waals surface area contributed by atoms with Gasteiger partial charge in [-0.2, -0.15) is 0 Å². The average molecular weight is 408 g/mol. The van der Waals surface area contributed by atoms with E-state index in [0.717, 1.165) is 26.4 Å². The number of benzene rings is 3. The van der Waals surface area contributed by atoms with Crippen LogP contribution in [-0.2, 0) is 9.53 Å². The van der Waals surface area contributed by atoms with Crippen molar-refractivity contribution in [3.63, 3.8) is 0 Å². The van der Waals surface area contributed by atoms with E-state index in [1.165, 1.54) is 0 Å². The minimum atomic E-state index is -0.477. The molecule has 0 saturated heterocycles. The van der Waals surface area contributed by atoms with E-state index < -0.39 is 5.97 Å². The topological polar surface area (TPSA) is 47.9 Å². The van der Waals surface area contributed by atoms with Crippen molar-refractivity contribution in [2.75, 3.05) is 7.11 Å². The van der Waals surface area contributed by atoms with Gasteiger partial charge < -0.3 is 9.47 Å². The number of ether oxygens (including phenoxy) is 2. The number of halogens is 1. The Labute approximate surface area is 158 Å². The van der Waals surface area contributed by atoms with Crippen LogP contribution in [0.1, 0.15) is 11.1 Å². The van der Waals surface area contributed by atoms with Crippen LogP contribution >= 0.6 is 15.9 Å². The lowest BCUT2D eigenvalue weighted by atomic mass is 10.0. The zero-order valence-electron chi connectivity index (χ0n) is 13.9. The highest BCUT2D eigenvalue weighted by molar-refractivity contribution is 9.10. The molecule has 0 aliphatic carbocycles. The number of fused-ring (bicyclic) bond motifs is 1. The fraction of sp³-hybridized carbons (Fsp3) is 0.0476. The van der Waals surface area contributed by atoms with Crippen LogP contribution < -0.4 is 4.74 Å². The molecular formula is C21H14BrNO3. The van der Waals surface area contributed by atoms with Crippen LogP contribution in [0.2, 0.25) is 0 Å². The van der Waals surface area contributed by atoms with E-state index in [-0.39, 0.29) is 5.70 Å². The van der Waals surface area contributed by atoms with Gasteiger partial charge in [0.15, 0.2) is 5.70 Å². The number of methoxy groups -OCH3 is 1. The minimum absolute atomic E-state index is 0.240. The molecule has 0 N–H and O–H groups in total. The van der Waals surface area contributed by atoms with Crippen LogP contribution in [-0.4, -0.2) is 19.0 Å². The van der Waals surface area contributed by atoms with Gasteiger partial charge in [-0.05, 0) is 41.1 Å². The smallest absolute Gasteiger partial charge is 0.363 e. The summed E-state index contributed by atoms with van der Waals surface area (Å²) in [6.45, 7) is 0. The molecular weight excluding hydrogens is 394 g/mol. The summed E-state index contributed by atoms with van der Waals surface area (Å²) < 4.78 is 11.7. The number of esters is 1. The summed E-state index contributed by atoms with van der Waals surface area (Å²) in [7, 11) is 1.59. The Morgan fingerprint density at radius 1 is 1.08 bits per heavy atom. The van der Waals surface area contributed by atoms with Gasteiger partial charge >= 0.3 is 5.97 Å². The molecule has 4 rings (SSSR count). The second-order valence-electron chi connectivity index (χ2n) is 5.75. The largest absolute Gasteiger partial charge is 0.496 e. The van der Waals surface area contributed by atoms with Crippen molar-refractivity contribution >= 4 is 44.6 Å². The highest BCUT2D eigenvalue weighted by Crippen LogP contribution is 2.28. The highest BCUT2D eigenvalue weighted by atomic mass is 79.9. The summed E-state index contributed by atoms with van der Waals surface area (Å²) in [6, 6.07) is 19.3. The second kappa shape index (κ2) is 6.77. The van der Waals surface area contributed by atoms with Crippen LogP contribution in [0.3, 0.4) is 0 Å². The third kappa shape index (κ3) is 3.02. The van der Waals surface area contributed by atoms with Crippen molar-refractivity contribution in [3.05, 3.63) is 82.0 Å². The number of carbonyl (C=O) groups is 1. The predicted octanol–water partition coefficient (Wildman–Crippen LogP) is 4.96. The maximum atomic E-state index is 12.3. The minimum Gasteiger partial charge on any atom is -0.496 e. The molecule has 0 aromatic heterocycles. The summed E-state index contributed by atoms with van der Waals surface area (Å²) in [6.07, 6.45) is 1.67. The first-order chi connectivity index (χ1) is 12.7. The van der Waals surface area contributed by atoms with Crippen molar-refractivity contribution in [1.29, 1.82) is 0 Å². The van der Waals surface area contributed by atoms with E-state index in [2.05, 4.69) is 20.9 Å². The van der Waals surface area contributed by atoms with Crippen molar-refractivity contribution in [3.8, 4) is 5.75 Å². The fourth-order valence-electron chi connectivity index (χ4n) is 2.90. The van der Waals surface area contributed by atoms with Crippen LogP contribution in [0.15, 0.2) is 75.8 Å². The van der Waals surface area contributed by atoms with E-state index in [4.69, 9.17) is 9.47 Å². The van der Waals surface area contributed by atoms with Crippen molar-refractivity contribution < 1.29 is 14.3 Å². The predicted molar refractivity (Wildman–Crippen MR) is 105 cm³/mol. The number of hydrogen-bond acceptors (Lipinski definition) is 4. The SMILES string of the molecule is COc1ccc(Br)cc1C=C1N=C(c2cccc3ccccc23)OC1=O. The van der Waals surface area contributed by atoms with Gasteiger partial charge in [-0.15, -0.1) is 0 Å². The summed E-state index contributed by atoms with van der Waals surface area (Å²) in [5.74, 6) is 0.490. The third-order valence-electron chi connectivity index (χ3n) is 4.12. The number of rotatable bonds is 3. The van der Waals surface area contributed by atoms with Crippen LogP contribution in [0.25, 0.3) is 16.8 Å². The van der Waals surface area contributed by atoms with E-state index in [1.807, 2.05) is 60.7 Å². The number of carbonyl (C=O) groups excluding carboxylic acids is 1. The third-order valence-corrected chi connectivity index (χ3v) is 4.62. The van der Waals surface area contributed by atoms with Crippen LogP contribution in [0, 0.1) is 0 Å². The standard InChI is InChI=1S/C21H14BrNO3/c1-25-19-10-9-15(22)11-14(19)12-18-21(24)26-20(23-18)17-8-4-6-13-5-2-3-7-16(13)17/h2-12H,1H3. The van der Waals surface area contributed by atoms with Crippen LogP contribution in [0.4, 0.5) is 0 Å². The highest BCUT2D eigenvalue weighted by Gasteiger charge is 2.25. The van der Waals surface area contributed by atoms with Gasteiger partial charge in [0.1, 0.15) is 5.75 Å². The fourth-order valence-corrected chi connectivity index (χ4v) is 3.28. The van der Waals surface area contributed by atoms with E-state index in [0.29, 0.717) is 11.6 Å². The monoisotopic (exact) mass is 407 g/mol. The van der Waals surface area contributed by atoms with Crippen molar-refractivity contribution in [2.24, 2.45) is 4.99 Å². The first-order valence-electron chi connectivity index (χ1n) is 8.00. The van der Waals surface area contributed by atoms with Gasteiger partial charge in [0.25, 0.3) is 0 Å². The van der Waals surface area contributed by atoms with Gasteiger partial charge in [0.2, 0.25) is 5.90 Å². The van der Waals surface area contributed by atoms with Gasteiger partial charge in [0.05, 0.1) is 7.11 Å². The molecule has 5 heteroatoms. The van der Waals surface area contributed by atoms with Crippen molar-refractivity contribution in [1.82, 2.24) is 0 Å². The molecule has 26 heavy (non-hydrogen) atoms. The molecule has 3 aromatic rings. The molecule has 0 unspecified atom stereocenters. The molecule has 0 atom stereocenters. The lowest BCUT2D eigenvalue weighted by molar-refractivity contribution is -0.129. The first-order valence-corrected chi connectivity index (χ1v) is 8.79. The molecule has 0 saturated carbocycles. The number of cyclic esters (lactones) is 1.